The zero-order valence-corrected chi connectivity index (χ0v) is 19.4. The SMILES string of the molecule is CC(C)C/C=C/[C@@H](C)[C@H]1CCC2C3CC(=O)C4CC(=O)CC[C@]4(C)C3CC[C@@]21C. The minimum atomic E-state index is 0.0180. The molecule has 0 aromatic heterocycles. The Morgan fingerprint density at radius 3 is 2.41 bits per heavy atom. The van der Waals surface area contributed by atoms with Gasteiger partial charge in [0, 0.05) is 25.2 Å². The second kappa shape index (κ2) is 7.65. The van der Waals surface area contributed by atoms with Gasteiger partial charge >= 0.3 is 0 Å². The van der Waals surface area contributed by atoms with Gasteiger partial charge in [-0.25, -0.2) is 0 Å². The van der Waals surface area contributed by atoms with Gasteiger partial charge in [0.25, 0.3) is 0 Å². The minimum Gasteiger partial charge on any atom is -0.300 e. The molecule has 4 fully saturated rings. The molecule has 0 radical (unpaired) electrons. The van der Waals surface area contributed by atoms with Crippen molar-refractivity contribution >= 4 is 11.6 Å². The molecule has 4 rings (SSSR count). The average molecular weight is 399 g/mol. The van der Waals surface area contributed by atoms with Crippen LogP contribution >= 0.6 is 0 Å². The van der Waals surface area contributed by atoms with E-state index in [-0.39, 0.29) is 11.3 Å². The standard InChI is InChI=1S/C27H42O2/c1-17(2)7-6-8-18(3)21-9-10-22-20-16-25(29)24-15-19(28)11-13-27(24,5)23(20)12-14-26(21,22)4/h6,8,17-18,20-24H,7,9-16H2,1-5H3/b8-6+/t18-,20?,21-,22?,23?,24?,26-,27-/m1/s1. The smallest absolute Gasteiger partial charge is 0.137 e. The lowest BCUT2D eigenvalue weighted by atomic mass is 9.44. The van der Waals surface area contributed by atoms with E-state index in [9.17, 15) is 9.59 Å². The molecular formula is C27H42O2. The zero-order chi connectivity index (χ0) is 21.0. The van der Waals surface area contributed by atoms with E-state index >= 15 is 0 Å². The molecule has 29 heavy (non-hydrogen) atoms. The molecule has 4 aliphatic rings. The fourth-order valence-corrected chi connectivity index (χ4v) is 8.44. The number of Topliss-reactive ketones (excluding diaryl/α,β-unsaturated/α-hetero) is 2. The number of hydrogen-bond donors (Lipinski definition) is 0. The third-order valence-corrected chi connectivity index (χ3v) is 10.0. The summed E-state index contributed by atoms with van der Waals surface area (Å²) in [6.07, 6.45) is 14.2. The van der Waals surface area contributed by atoms with Crippen LogP contribution in [0.4, 0.5) is 0 Å². The van der Waals surface area contributed by atoms with E-state index < -0.39 is 0 Å². The monoisotopic (exact) mass is 398 g/mol. The van der Waals surface area contributed by atoms with Gasteiger partial charge in [0.2, 0.25) is 0 Å². The van der Waals surface area contributed by atoms with E-state index in [1.54, 1.807) is 0 Å². The highest BCUT2D eigenvalue weighted by molar-refractivity contribution is 5.90. The highest BCUT2D eigenvalue weighted by Crippen LogP contribution is 2.67. The maximum absolute atomic E-state index is 13.2. The molecule has 0 bridgehead atoms. The Balaban J connectivity index is 1.55. The van der Waals surface area contributed by atoms with Crippen LogP contribution < -0.4 is 0 Å². The lowest BCUT2D eigenvalue weighted by Crippen LogP contribution is -2.56. The van der Waals surface area contributed by atoms with Crippen molar-refractivity contribution in [1.29, 1.82) is 0 Å². The highest BCUT2D eigenvalue weighted by atomic mass is 16.1. The van der Waals surface area contributed by atoms with Crippen molar-refractivity contribution in [2.24, 2.45) is 52.3 Å². The molecule has 4 unspecified atom stereocenters. The van der Waals surface area contributed by atoms with Crippen LogP contribution in [0.25, 0.3) is 0 Å². The predicted octanol–water partition coefficient (Wildman–Crippen LogP) is 6.63. The van der Waals surface area contributed by atoms with Gasteiger partial charge in [-0.05, 0) is 84.9 Å². The summed E-state index contributed by atoms with van der Waals surface area (Å²) in [4.78, 5) is 25.3. The van der Waals surface area contributed by atoms with Gasteiger partial charge in [-0.3, -0.25) is 9.59 Å². The Hall–Kier alpha value is -0.920. The van der Waals surface area contributed by atoms with Crippen molar-refractivity contribution in [3.05, 3.63) is 12.2 Å². The molecule has 0 amide bonds. The van der Waals surface area contributed by atoms with Gasteiger partial charge in [0.15, 0.2) is 0 Å². The van der Waals surface area contributed by atoms with Crippen LogP contribution in [0.3, 0.4) is 0 Å². The lowest BCUT2D eigenvalue weighted by molar-refractivity contribution is -0.158. The minimum absolute atomic E-state index is 0.0180. The van der Waals surface area contributed by atoms with Crippen LogP contribution in [0.1, 0.15) is 92.4 Å². The van der Waals surface area contributed by atoms with Crippen LogP contribution in [-0.2, 0) is 9.59 Å². The Morgan fingerprint density at radius 1 is 0.966 bits per heavy atom. The van der Waals surface area contributed by atoms with E-state index in [1.165, 1.54) is 32.1 Å². The summed E-state index contributed by atoms with van der Waals surface area (Å²) in [5.41, 5.74) is 0.465. The van der Waals surface area contributed by atoms with Crippen molar-refractivity contribution < 1.29 is 9.59 Å². The molecule has 0 aromatic rings. The Morgan fingerprint density at radius 2 is 1.69 bits per heavy atom. The van der Waals surface area contributed by atoms with Crippen LogP contribution in [0, 0.1) is 52.3 Å². The highest BCUT2D eigenvalue weighted by Gasteiger charge is 2.62. The molecule has 0 aliphatic heterocycles. The first-order chi connectivity index (χ1) is 13.7. The maximum atomic E-state index is 13.2. The molecule has 0 spiro atoms. The van der Waals surface area contributed by atoms with E-state index in [4.69, 9.17) is 0 Å². The molecule has 4 saturated carbocycles. The number of ketones is 2. The van der Waals surface area contributed by atoms with Crippen molar-refractivity contribution in [1.82, 2.24) is 0 Å². The Kier molecular flexibility index (Phi) is 5.62. The normalized spacial score (nSPS) is 45.9. The van der Waals surface area contributed by atoms with Gasteiger partial charge in [-0.15, -0.1) is 0 Å². The van der Waals surface area contributed by atoms with Gasteiger partial charge in [-0.2, -0.15) is 0 Å². The van der Waals surface area contributed by atoms with E-state index in [1.807, 2.05) is 0 Å². The van der Waals surface area contributed by atoms with Gasteiger partial charge in [-0.1, -0.05) is 46.8 Å². The summed E-state index contributed by atoms with van der Waals surface area (Å²) in [7, 11) is 0. The lowest BCUT2D eigenvalue weighted by Gasteiger charge is -2.59. The number of allylic oxidation sites excluding steroid dienone is 2. The number of hydrogen-bond acceptors (Lipinski definition) is 2. The third-order valence-electron chi connectivity index (χ3n) is 10.0. The first kappa shape index (κ1) is 21.3. The summed E-state index contributed by atoms with van der Waals surface area (Å²) in [5.74, 6) is 4.79. The van der Waals surface area contributed by atoms with Gasteiger partial charge in [0.1, 0.15) is 11.6 Å². The number of carbonyl (C=O) groups excluding carboxylic acids is 2. The van der Waals surface area contributed by atoms with Crippen molar-refractivity contribution in [2.45, 2.75) is 92.4 Å². The topological polar surface area (TPSA) is 34.1 Å². The fourth-order valence-electron chi connectivity index (χ4n) is 8.44. The molecule has 2 heteroatoms. The van der Waals surface area contributed by atoms with Crippen molar-refractivity contribution in [2.75, 3.05) is 0 Å². The zero-order valence-electron chi connectivity index (χ0n) is 19.4. The summed E-state index contributed by atoms with van der Waals surface area (Å²) < 4.78 is 0. The van der Waals surface area contributed by atoms with Gasteiger partial charge in [0.05, 0.1) is 0 Å². The van der Waals surface area contributed by atoms with E-state index in [0.717, 1.165) is 24.7 Å². The molecule has 4 aliphatic carbocycles. The first-order valence-electron chi connectivity index (χ1n) is 12.4. The van der Waals surface area contributed by atoms with Crippen LogP contribution in [0.2, 0.25) is 0 Å². The molecular weight excluding hydrogens is 356 g/mol. The number of rotatable bonds is 4. The first-order valence-corrected chi connectivity index (χ1v) is 12.4. The van der Waals surface area contributed by atoms with Crippen molar-refractivity contribution in [3.63, 3.8) is 0 Å². The number of fused-ring (bicyclic) bond motifs is 5. The summed E-state index contributed by atoms with van der Waals surface area (Å²) in [5, 5.41) is 0. The molecule has 162 valence electrons. The summed E-state index contributed by atoms with van der Waals surface area (Å²) in [6, 6.07) is 0. The summed E-state index contributed by atoms with van der Waals surface area (Å²) in [6.45, 7) is 11.9. The average Bonchev–Trinajstić information content (AvgIpc) is 3.00. The molecule has 0 heterocycles. The van der Waals surface area contributed by atoms with Crippen LogP contribution in [0.15, 0.2) is 12.2 Å². The quantitative estimate of drug-likeness (QED) is 0.498. The number of carbonyl (C=O) groups is 2. The van der Waals surface area contributed by atoms with Gasteiger partial charge < -0.3 is 0 Å². The third kappa shape index (κ3) is 3.47. The Labute approximate surface area is 178 Å². The molecule has 2 nitrogen and oxygen atoms in total. The Bertz CT molecular complexity index is 691. The molecule has 0 aromatic carbocycles. The van der Waals surface area contributed by atoms with E-state index in [0.29, 0.717) is 53.5 Å². The van der Waals surface area contributed by atoms with Crippen LogP contribution in [0.5, 0.6) is 0 Å². The van der Waals surface area contributed by atoms with Crippen LogP contribution in [-0.4, -0.2) is 11.6 Å². The summed E-state index contributed by atoms with van der Waals surface area (Å²) >= 11 is 0. The van der Waals surface area contributed by atoms with E-state index in [2.05, 4.69) is 46.8 Å². The predicted molar refractivity (Wildman–Crippen MR) is 118 cm³/mol. The molecule has 0 N–H and O–H groups in total. The molecule has 8 atom stereocenters. The fraction of sp³-hybridized carbons (Fsp3) is 0.852. The van der Waals surface area contributed by atoms with Crippen molar-refractivity contribution in [3.8, 4) is 0 Å². The largest absolute Gasteiger partial charge is 0.300 e. The second-order valence-corrected chi connectivity index (χ2v) is 12.0. The maximum Gasteiger partial charge on any atom is 0.137 e. The molecule has 0 saturated heterocycles. The second-order valence-electron chi connectivity index (χ2n) is 12.0.